The third-order valence-electron chi connectivity index (χ3n) is 2.92. The van der Waals surface area contributed by atoms with Gasteiger partial charge < -0.3 is 19.3 Å². The van der Waals surface area contributed by atoms with Crippen molar-refractivity contribution in [2.75, 3.05) is 19.7 Å². The molecule has 6 heteroatoms. The lowest BCUT2D eigenvalue weighted by Gasteiger charge is -2.36. The van der Waals surface area contributed by atoms with E-state index in [1.807, 2.05) is 0 Å². The second-order valence-corrected chi connectivity index (χ2v) is 5.50. The number of hydrogen-bond acceptors (Lipinski definition) is 6. The van der Waals surface area contributed by atoms with E-state index in [9.17, 15) is 0 Å². The Balaban J connectivity index is 1.70. The molecule has 0 radical (unpaired) electrons. The van der Waals surface area contributed by atoms with Crippen LogP contribution >= 0.6 is 0 Å². The highest BCUT2D eigenvalue weighted by Gasteiger charge is 2.28. The smallest absolute Gasteiger partial charge is 0.226 e. The molecule has 19 heavy (non-hydrogen) atoms. The quantitative estimate of drug-likeness (QED) is 0.839. The molecule has 0 spiro atoms. The van der Waals surface area contributed by atoms with Crippen molar-refractivity contribution in [3.8, 4) is 0 Å². The van der Waals surface area contributed by atoms with E-state index < -0.39 is 0 Å². The van der Waals surface area contributed by atoms with Gasteiger partial charge in [0, 0.05) is 19.5 Å². The number of nitrogens with one attached hydrogen (secondary N) is 1. The summed E-state index contributed by atoms with van der Waals surface area (Å²) < 4.78 is 16.6. The number of rotatable bonds is 6. The Labute approximate surface area is 113 Å². The molecule has 1 saturated heterocycles. The minimum Gasteiger partial charge on any atom is -0.371 e. The molecule has 1 aromatic heterocycles. The lowest BCUT2D eigenvalue weighted by Crippen LogP contribution is -2.51. The van der Waals surface area contributed by atoms with Crippen molar-refractivity contribution < 1.29 is 14.0 Å². The van der Waals surface area contributed by atoms with Crippen LogP contribution in [0.2, 0.25) is 0 Å². The number of nitrogens with zero attached hydrogens (tertiary/aromatic N) is 2. The lowest BCUT2D eigenvalue weighted by atomic mass is 10.1. The number of aromatic nitrogens is 2. The largest absolute Gasteiger partial charge is 0.371 e. The molecule has 6 nitrogen and oxygen atoms in total. The van der Waals surface area contributed by atoms with E-state index in [0.29, 0.717) is 24.9 Å². The molecule has 108 valence electrons. The van der Waals surface area contributed by atoms with Crippen molar-refractivity contribution in [1.29, 1.82) is 0 Å². The first-order chi connectivity index (χ1) is 9.09. The maximum absolute atomic E-state index is 5.90. The SMILES string of the molecule is CCCc1nc(COCC2CNCC(C)(C)O2)no1. The van der Waals surface area contributed by atoms with Crippen molar-refractivity contribution in [3.63, 3.8) is 0 Å². The molecule has 0 amide bonds. The Hall–Kier alpha value is -0.980. The van der Waals surface area contributed by atoms with Gasteiger partial charge in [-0.15, -0.1) is 0 Å². The van der Waals surface area contributed by atoms with E-state index >= 15 is 0 Å². The summed E-state index contributed by atoms with van der Waals surface area (Å²) in [4.78, 5) is 4.25. The van der Waals surface area contributed by atoms with Gasteiger partial charge in [0.05, 0.1) is 18.3 Å². The zero-order valence-electron chi connectivity index (χ0n) is 11.9. The fraction of sp³-hybridized carbons (Fsp3) is 0.846. The van der Waals surface area contributed by atoms with E-state index in [0.717, 1.165) is 25.9 Å². The number of aryl methyl sites for hydroxylation is 1. The molecule has 1 aliphatic rings. The molecule has 2 heterocycles. The van der Waals surface area contributed by atoms with Gasteiger partial charge in [-0.3, -0.25) is 0 Å². The summed E-state index contributed by atoms with van der Waals surface area (Å²) in [6, 6.07) is 0. The first-order valence-electron chi connectivity index (χ1n) is 6.87. The van der Waals surface area contributed by atoms with E-state index in [1.165, 1.54) is 0 Å². The van der Waals surface area contributed by atoms with E-state index in [-0.39, 0.29) is 11.7 Å². The molecule has 1 aromatic rings. The number of morpholine rings is 1. The van der Waals surface area contributed by atoms with Gasteiger partial charge in [-0.1, -0.05) is 12.1 Å². The van der Waals surface area contributed by atoms with Crippen LogP contribution in [-0.4, -0.2) is 41.5 Å². The zero-order chi connectivity index (χ0) is 13.7. The fourth-order valence-corrected chi connectivity index (χ4v) is 2.11. The highest BCUT2D eigenvalue weighted by molar-refractivity contribution is 4.85. The Bertz CT molecular complexity index is 392. The van der Waals surface area contributed by atoms with Crippen LogP contribution in [0.3, 0.4) is 0 Å². The summed E-state index contributed by atoms with van der Waals surface area (Å²) in [7, 11) is 0. The molecule has 1 N–H and O–H groups in total. The van der Waals surface area contributed by atoms with Crippen LogP contribution in [0.4, 0.5) is 0 Å². The van der Waals surface area contributed by atoms with Crippen molar-refractivity contribution in [2.45, 2.75) is 51.9 Å². The van der Waals surface area contributed by atoms with Crippen molar-refractivity contribution in [1.82, 2.24) is 15.5 Å². The first-order valence-corrected chi connectivity index (χ1v) is 6.87. The fourth-order valence-electron chi connectivity index (χ4n) is 2.11. The summed E-state index contributed by atoms with van der Waals surface area (Å²) in [5.41, 5.74) is -0.132. The molecule has 0 aromatic carbocycles. The number of hydrogen-bond donors (Lipinski definition) is 1. The molecule has 0 bridgehead atoms. The summed E-state index contributed by atoms with van der Waals surface area (Å²) >= 11 is 0. The van der Waals surface area contributed by atoms with Gasteiger partial charge in [-0.25, -0.2) is 0 Å². The van der Waals surface area contributed by atoms with Gasteiger partial charge >= 0.3 is 0 Å². The van der Waals surface area contributed by atoms with E-state index in [1.54, 1.807) is 0 Å². The van der Waals surface area contributed by atoms with Crippen molar-refractivity contribution in [2.24, 2.45) is 0 Å². The summed E-state index contributed by atoms with van der Waals surface area (Å²) in [5, 5.41) is 7.22. The van der Waals surface area contributed by atoms with Crippen LogP contribution in [-0.2, 0) is 22.5 Å². The average molecular weight is 269 g/mol. The zero-order valence-corrected chi connectivity index (χ0v) is 11.9. The monoisotopic (exact) mass is 269 g/mol. The normalized spacial score (nSPS) is 22.6. The van der Waals surface area contributed by atoms with Gasteiger partial charge in [0.25, 0.3) is 0 Å². The summed E-state index contributed by atoms with van der Waals surface area (Å²) in [5.74, 6) is 1.28. The van der Waals surface area contributed by atoms with Crippen LogP contribution in [0.15, 0.2) is 4.52 Å². The maximum atomic E-state index is 5.90. The standard InChI is InChI=1S/C13H23N3O3/c1-4-5-12-15-11(16-19-12)8-17-7-10-6-14-9-13(2,3)18-10/h10,14H,4-9H2,1-3H3. The average Bonchev–Trinajstić information content (AvgIpc) is 2.76. The van der Waals surface area contributed by atoms with E-state index in [4.69, 9.17) is 14.0 Å². The third-order valence-corrected chi connectivity index (χ3v) is 2.92. The van der Waals surface area contributed by atoms with Gasteiger partial charge in [-0.2, -0.15) is 4.98 Å². The Morgan fingerprint density at radius 2 is 2.32 bits per heavy atom. The topological polar surface area (TPSA) is 69.4 Å². The highest BCUT2D eigenvalue weighted by Crippen LogP contribution is 2.15. The minimum atomic E-state index is -0.132. The van der Waals surface area contributed by atoms with Crippen LogP contribution < -0.4 is 5.32 Å². The number of ether oxygens (including phenoxy) is 2. The third kappa shape index (κ3) is 4.56. The predicted molar refractivity (Wildman–Crippen MR) is 69.8 cm³/mol. The highest BCUT2D eigenvalue weighted by atomic mass is 16.5. The van der Waals surface area contributed by atoms with Crippen LogP contribution in [0.1, 0.15) is 38.9 Å². The molecule has 1 fully saturated rings. The molecule has 0 saturated carbocycles. The van der Waals surface area contributed by atoms with Crippen molar-refractivity contribution >= 4 is 0 Å². The Kier molecular flexibility index (Phi) is 4.90. The van der Waals surface area contributed by atoms with Crippen LogP contribution in [0.25, 0.3) is 0 Å². The van der Waals surface area contributed by atoms with Gasteiger partial charge in [-0.05, 0) is 20.3 Å². The summed E-state index contributed by atoms with van der Waals surface area (Å²) in [6.45, 7) is 8.81. The van der Waals surface area contributed by atoms with Gasteiger partial charge in [0.1, 0.15) is 6.61 Å². The lowest BCUT2D eigenvalue weighted by molar-refractivity contribution is -0.122. The second kappa shape index (κ2) is 6.45. The molecule has 0 aliphatic carbocycles. The Morgan fingerprint density at radius 3 is 3.05 bits per heavy atom. The van der Waals surface area contributed by atoms with E-state index in [2.05, 4.69) is 36.2 Å². The van der Waals surface area contributed by atoms with Gasteiger partial charge in [0.2, 0.25) is 5.89 Å². The van der Waals surface area contributed by atoms with Crippen LogP contribution in [0, 0.1) is 0 Å². The molecule has 1 atom stereocenters. The molecule has 1 aliphatic heterocycles. The summed E-state index contributed by atoms with van der Waals surface area (Å²) in [6.07, 6.45) is 1.89. The van der Waals surface area contributed by atoms with Gasteiger partial charge in [0.15, 0.2) is 5.82 Å². The minimum absolute atomic E-state index is 0.0748. The predicted octanol–water partition coefficient (Wildman–Crippen LogP) is 1.31. The molecule has 2 rings (SSSR count). The molecular weight excluding hydrogens is 246 g/mol. The maximum Gasteiger partial charge on any atom is 0.226 e. The second-order valence-electron chi connectivity index (χ2n) is 5.50. The molecular formula is C13H23N3O3. The van der Waals surface area contributed by atoms with Crippen LogP contribution in [0.5, 0.6) is 0 Å². The van der Waals surface area contributed by atoms with Crippen molar-refractivity contribution in [3.05, 3.63) is 11.7 Å². The molecule has 1 unspecified atom stereocenters. The Morgan fingerprint density at radius 1 is 1.47 bits per heavy atom. The first kappa shape index (κ1) is 14.4.